The van der Waals surface area contributed by atoms with Crippen molar-refractivity contribution in [2.45, 2.75) is 44.8 Å². The van der Waals surface area contributed by atoms with Gasteiger partial charge in [-0.2, -0.15) is 0 Å². The lowest BCUT2D eigenvalue weighted by atomic mass is 10.00. The minimum atomic E-state index is -0.668. The second kappa shape index (κ2) is 7.07. The molecule has 5 heteroatoms. The van der Waals surface area contributed by atoms with Crippen molar-refractivity contribution in [3.63, 3.8) is 0 Å². The van der Waals surface area contributed by atoms with Crippen molar-refractivity contribution < 1.29 is 9.53 Å². The third kappa shape index (κ3) is 4.55. The zero-order valence-electron chi connectivity index (χ0n) is 11.9. The molecular formula is C13H27N3O2. The second-order valence-corrected chi connectivity index (χ2v) is 5.41. The van der Waals surface area contributed by atoms with Crippen molar-refractivity contribution in [2.75, 3.05) is 33.3 Å². The summed E-state index contributed by atoms with van der Waals surface area (Å²) in [5, 5.41) is 3.17. The van der Waals surface area contributed by atoms with Crippen LogP contribution in [0, 0.1) is 0 Å². The number of nitrogens with one attached hydrogen (secondary N) is 1. The molecule has 2 atom stereocenters. The van der Waals surface area contributed by atoms with E-state index in [0.717, 1.165) is 32.5 Å². The fourth-order valence-electron chi connectivity index (χ4n) is 2.51. The minimum Gasteiger partial charge on any atom is -0.377 e. The summed E-state index contributed by atoms with van der Waals surface area (Å²) < 4.78 is 5.71. The molecular weight excluding hydrogens is 230 g/mol. The summed E-state index contributed by atoms with van der Waals surface area (Å²) in [5.41, 5.74) is 4.81. The van der Waals surface area contributed by atoms with Gasteiger partial charge < -0.3 is 20.7 Å². The normalized spacial score (nSPS) is 23.9. The molecule has 0 bridgehead atoms. The average molecular weight is 257 g/mol. The second-order valence-electron chi connectivity index (χ2n) is 5.41. The van der Waals surface area contributed by atoms with E-state index in [-0.39, 0.29) is 5.91 Å². The van der Waals surface area contributed by atoms with Crippen LogP contribution in [0.25, 0.3) is 0 Å². The molecule has 1 fully saturated rings. The Labute approximate surface area is 110 Å². The van der Waals surface area contributed by atoms with Crippen molar-refractivity contribution in [1.29, 1.82) is 0 Å². The number of rotatable bonds is 7. The lowest BCUT2D eigenvalue weighted by Gasteiger charge is -2.34. The number of ether oxygens (including phenoxy) is 1. The Hall–Kier alpha value is -0.650. The van der Waals surface area contributed by atoms with Gasteiger partial charge in [-0.05, 0) is 39.8 Å². The van der Waals surface area contributed by atoms with Crippen LogP contribution in [0.3, 0.4) is 0 Å². The van der Waals surface area contributed by atoms with E-state index in [1.807, 2.05) is 20.9 Å². The number of hydrogen-bond donors (Lipinski definition) is 2. The highest BCUT2D eigenvalue weighted by Gasteiger charge is 2.32. The average Bonchev–Trinajstić information content (AvgIpc) is 2.30. The molecule has 3 N–H and O–H groups in total. The molecule has 18 heavy (non-hydrogen) atoms. The summed E-state index contributed by atoms with van der Waals surface area (Å²) in [6, 6.07) is 0. The number of nitrogens with zero attached hydrogens (tertiary/aromatic N) is 1. The van der Waals surface area contributed by atoms with Gasteiger partial charge in [0.1, 0.15) is 5.54 Å². The fourth-order valence-corrected chi connectivity index (χ4v) is 2.51. The molecule has 0 spiro atoms. The van der Waals surface area contributed by atoms with Crippen molar-refractivity contribution in [3.8, 4) is 0 Å². The Morgan fingerprint density at radius 3 is 2.78 bits per heavy atom. The van der Waals surface area contributed by atoms with E-state index in [0.29, 0.717) is 12.6 Å². The zero-order valence-corrected chi connectivity index (χ0v) is 11.9. The summed E-state index contributed by atoms with van der Waals surface area (Å²) in [6.07, 6.45) is 3.80. The van der Waals surface area contributed by atoms with E-state index in [9.17, 15) is 4.79 Å². The van der Waals surface area contributed by atoms with Crippen LogP contribution >= 0.6 is 0 Å². The molecule has 0 aromatic rings. The quantitative estimate of drug-likeness (QED) is 0.690. The molecule has 2 unspecified atom stereocenters. The molecule has 0 aromatic heterocycles. The van der Waals surface area contributed by atoms with E-state index < -0.39 is 5.54 Å². The summed E-state index contributed by atoms with van der Waals surface area (Å²) in [6.45, 7) is 6.89. The molecule has 0 aliphatic carbocycles. The molecule has 1 rings (SSSR count). The predicted molar refractivity (Wildman–Crippen MR) is 72.4 cm³/mol. The number of amides is 1. The minimum absolute atomic E-state index is 0.294. The topological polar surface area (TPSA) is 67.6 Å². The van der Waals surface area contributed by atoms with Gasteiger partial charge in [0.05, 0.1) is 6.10 Å². The van der Waals surface area contributed by atoms with Gasteiger partial charge in [0, 0.05) is 19.7 Å². The van der Waals surface area contributed by atoms with Crippen LogP contribution in [0.15, 0.2) is 0 Å². The predicted octanol–water partition coefficient (Wildman–Crippen LogP) is 0.341. The Morgan fingerprint density at radius 2 is 2.28 bits per heavy atom. The molecule has 1 saturated heterocycles. The molecule has 1 amide bonds. The molecule has 0 saturated carbocycles. The first-order valence-corrected chi connectivity index (χ1v) is 6.83. The highest BCUT2D eigenvalue weighted by atomic mass is 16.5. The highest BCUT2D eigenvalue weighted by Crippen LogP contribution is 2.14. The number of nitrogens with two attached hydrogens (primary N) is 1. The molecule has 1 heterocycles. The standard InChI is InChI=1S/C13H27N3O2/c1-4-15-13(2,12(14)17)10-16(3)9-11-7-5-6-8-18-11/h11,15H,4-10H2,1-3H3,(H2,14,17). The number of hydrogen-bond acceptors (Lipinski definition) is 4. The van der Waals surface area contributed by atoms with Crippen molar-refractivity contribution >= 4 is 5.91 Å². The van der Waals surface area contributed by atoms with Crippen molar-refractivity contribution in [2.24, 2.45) is 5.73 Å². The molecule has 0 radical (unpaired) electrons. The third-order valence-corrected chi connectivity index (χ3v) is 3.49. The van der Waals surface area contributed by atoms with Gasteiger partial charge >= 0.3 is 0 Å². The van der Waals surface area contributed by atoms with Crippen LogP contribution in [-0.4, -0.2) is 55.7 Å². The van der Waals surface area contributed by atoms with Gasteiger partial charge in [-0.15, -0.1) is 0 Å². The maximum Gasteiger partial charge on any atom is 0.238 e. The van der Waals surface area contributed by atoms with Gasteiger partial charge in [0.15, 0.2) is 0 Å². The zero-order chi connectivity index (χ0) is 13.6. The third-order valence-electron chi connectivity index (χ3n) is 3.49. The number of carbonyl (C=O) groups excluding carboxylic acids is 1. The summed E-state index contributed by atoms with van der Waals surface area (Å²) in [7, 11) is 2.01. The van der Waals surface area contributed by atoms with Gasteiger partial charge in [0.2, 0.25) is 5.91 Å². The van der Waals surface area contributed by atoms with Gasteiger partial charge in [-0.1, -0.05) is 6.92 Å². The van der Waals surface area contributed by atoms with Gasteiger partial charge in [0.25, 0.3) is 0 Å². The first-order chi connectivity index (χ1) is 8.48. The van der Waals surface area contributed by atoms with Gasteiger partial charge in [-0.25, -0.2) is 0 Å². The summed E-state index contributed by atoms with van der Waals surface area (Å²) in [5.74, 6) is -0.305. The smallest absolute Gasteiger partial charge is 0.238 e. The van der Waals surface area contributed by atoms with E-state index in [2.05, 4.69) is 10.2 Å². The molecule has 1 aliphatic heterocycles. The first-order valence-electron chi connectivity index (χ1n) is 6.83. The maximum atomic E-state index is 11.5. The van der Waals surface area contributed by atoms with E-state index in [4.69, 9.17) is 10.5 Å². The van der Waals surface area contributed by atoms with E-state index in [1.54, 1.807) is 0 Å². The molecule has 5 nitrogen and oxygen atoms in total. The van der Waals surface area contributed by atoms with Crippen LogP contribution in [-0.2, 0) is 9.53 Å². The SMILES string of the molecule is CCNC(C)(CN(C)CC1CCCCO1)C(N)=O. The summed E-state index contributed by atoms with van der Waals surface area (Å²) >= 11 is 0. The van der Waals surface area contributed by atoms with Crippen LogP contribution in [0.1, 0.15) is 33.1 Å². The van der Waals surface area contributed by atoms with E-state index in [1.165, 1.54) is 6.42 Å². The first kappa shape index (κ1) is 15.4. The van der Waals surface area contributed by atoms with Crippen LogP contribution in [0.4, 0.5) is 0 Å². The van der Waals surface area contributed by atoms with Crippen molar-refractivity contribution in [3.05, 3.63) is 0 Å². The number of carbonyl (C=O) groups is 1. The van der Waals surface area contributed by atoms with Gasteiger partial charge in [-0.3, -0.25) is 4.79 Å². The molecule has 106 valence electrons. The molecule has 1 aliphatic rings. The number of primary amides is 1. The summed E-state index contributed by atoms with van der Waals surface area (Å²) in [4.78, 5) is 13.7. The maximum absolute atomic E-state index is 11.5. The Balaban J connectivity index is 2.45. The van der Waals surface area contributed by atoms with Crippen LogP contribution in [0.2, 0.25) is 0 Å². The number of likely N-dealkylation sites (N-methyl/N-ethyl adjacent to an activating group) is 2. The molecule has 0 aromatic carbocycles. The monoisotopic (exact) mass is 257 g/mol. The Bertz CT molecular complexity index is 267. The lowest BCUT2D eigenvalue weighted by Crippen LogP contribution is -2.59. The Morgan fingerprint density at radius 1 is 1.56 bits per heavy atom. The van der Waals surface area contributed by atoms with Crippen LogP contribution < -0.4 is 11.1 Å². The van der Waals surface area contributed by atoms with Crippen molar-refractivity contribution in [1.82, 2.24) is 10.2 Å². The largest absolute Gasteiger partial charge is 0.377 e. The highest BCUT2D eigenvalue weighted by molar-refractivity contribution is 5.84. The van der Waals surface area contributed by atoms with Crippen LogP contribution in [0.5, 0.6) is 0 Å². The van der Waals surface area contributed by atoms with E-state index >= 15 is 0 Å². The lowest BCUT2D eigenvalue weighted by molar-refractivity contribution is -0.124. The Kier molecular flexibility index (Phi) is 6.05. The fraction of sp³-hybridized carbons (Fsp3) is 0.923.